The van der Waals surface area contributed by atoms with Crippen LogP contribution in [0.5, 0.6) is 0 Å². The van der Waals surface area contributed by atoms with Gasteiger partial charge in [-0.1, -0.05) is 64.4 Å². The van der Waals surface area contributed by atoms with Gasteiger partial charge in [0, 0.05) is 17.3 Å². The minimum absolute atomic E-state index is 0.00192. The molecule has 2 aromatic rings. The SMILES string of the molecule is CCCCCCCCCCCOC(=O)c1cccc(C(=O)Nc2nc(=O)[nH]cc2[C@H]2O[C@H](CO)[C@@H](O)C2(F)F)c1. The maximum atomic E-state index is 14.7. The van der Waals surface area contributed by atoms with E-state index in [-0.39, 0.29) is 17.7 Å². The Hall–Kier alpha value is -3.22. The molecule has 0 aliphatic carbocycles. The molecular weight excluding hydrogens is 528 g/mol. The largest absolute Gasteiger partial charge is 0.462 e. The molecule has 0 saturated carbocycles. The van der Waals surface area contributed by atoms with Crippen molar-refractivity contribution in [3.63, 3.8) is 0 Å². The van der Waals surface area contributed by atoms with Gasteiger partial charge in [-0.15, -0.1) is 0 Å². The second-order valence-electron chi connectivity index (χ2n) is 9.87. The highest BCUT2D eigenvalue weighted by Gasteiger charge is 2.59. The number of H-pyrrole nitrogens is 1. The number of alkyl halides is 2. The number of carbonyl (C=O) groups excluding carboxylic acids is 2. The lowest BCUT2D eigenvalue weighted by atomic mass is 10.0. The second-order valence-corrected chi connectivity index (χ2v) is 9.87. The van der Waals surface area contributed by atoms with Gasteiger partial charge in [-0.2, -0.15) is 4.98 Å². The Balaban J connectivity index is 1.58. The number of rotatable bonds is 15. The highest BCUT2D eigenvalue weighted by atomic mass is 19.3. The zero-order chi connectivity index (χ0) is 29.1. The number of benzene rings is 1. The molecule has 1 aromatic heterocycles. The van der Waals surface area contributed by atoms with Crippen LogP contribution >= 0.6 is 0 Å². The molecule has 2 heterocycles. The maximum absolute atomic E-state index is 14.7. The predicted molar refractivity (Wildman–Crippen MR) is 142 cm³/mol. The molecule has 1 aliphatic heterocycles. The molecule has 0 spiro atoms. The van der Waals surface area contributed by atoms with E-state index in [1.54, 1.807) is 0 Å². The number of ether oxygens (including phenoxy) is 2. The number of nitrogens with one attached hydrogen (secondary N) is 2. The molecule has 10 nitrogen and oxygen atoms in total. The van der Waals surface area contributed by atoms with Crippen LogP contribution in [-0.2, 0) is 9.47 Å². The van der Waals surface area contributed by atoms with E-state index in [1.165, 1.54) is 56.4 Å². The van der Waals surface area contributed by atoms with Crippen molar-refractivity contribution < 1.29 is 38.1 Å². The van der Waals surface area contributed by atoms with Crippen molar-refractivity contribution in [3.8, 4) is 0 Å². The third-order valence-corrected chi connectivity index (χ3v) is 6.78. The first-order valence-electron chi connectivity index (χ1n) is 13.7. The number of aromatic nitrogens is 2. The van der Waals surface area contributed by atoms with Crippen LogP contribution in [0.15, 0.2) is 35.3 Å². The lowest BCUT2D eigenvalue weighted by molar-refractivity contribution is -0.113. The smallest absolute Gasteiger partial charge is 0.346 e. The van der Waals surface area contributed by atoms with E-state index < -0.39 is 59.8 Å². The third kappa shape index (κ3) is 8.15. The van der Waals surface area contributed by atoms with Gasteiger partial charge in [0.25, 0.3) is 5.91 Å². The number of unbranched alkanes of at least 4 members (excludes halogenated alkanes) is 8. The fourth-order valence-corrected chi connectivity index (χ4v) is 4.50. The van der Waals surface area contributed by atoms with Gasteiger partial charge in [0.1, 0.15) is 18.0 Å². The van der Waals surface area contributed by atoms with Gasteiger partial charge in [-0.3, -0.25) is 4.79 Å². The molecule has 3 rings (SSSR count). The quantitative estimate of drug-likeness (QED) is 0.186. The lowest BCUT2D eigenvalue weighted by Crippen LogP contribution is -2.38. The topological polar surface area (TPSA) is 151 Å². The molecule has 1 fully saturated rings. The normalized spacial score (nSPS) is 19.9. The Morgan fingerprint density at radius 2 is 1.75 bits per heavy atom. The molecule has 3 atom stereocenters. The van der Waals surface area contributed by atoms with Crippen LogP contribution in [0, 0.1) is 0 Å². The van der Waals surface area contributed by atoms with Gasteiger partial charge in [0.2, 0.25) is 0 Å². The number of carbonyl (C=O) groups is 2. The highest BCUT2D eigenvalue weighted by Crippen LogP contribution is 2.46. The van der Waals surface area contributed by atoms with Crippen LogP contribution in [0.25, 0.3) is 0 Å². The summed E-state index contributed by atoms with van der Waals surface area (Å²) in [5.41, 5.74) is -1.20. The van der Waals surface area contributed by atoms with E-state index >= 15 is 0 Å². The first kappa shape index (κ1) is 31.3. The molecule has 1 amide bonds. The van der Waals surface area contributed by atoms with E-state index in [2.05, 4.69) is 22.2 Å². The van der Waals surface area contributed by atoms with Crippen LogP contribution in [0.2, 0.25) is 0 Å². The number of aliphatic hydroxyl groups is 2. The Kier molecular flexibility index (Phi) is 11.7. The number of anilines is 1. The Labute approximate surface area is 231 Å². The molecule has 1 aliphatic rings. The molecule has 4 N–H and O–H groups in total. The van der Waals surface area contributed by atoms with E-state index in [1.807, 2.05) is 0 Å². The first-order valence-corrected chi connectivity index (χ1v) is 13.7. The summed E-state index contributed by atoms with van der Waals surface area (Å²) in [5.74, 6) is -5.78. The number of hydrogen-bond donors (Lipinski definition) is 4. The van der Waals surface area contributed by atoms with Crippen molar-refractivity contribution in [2.24, 2.45) is 0 Å². The third-order valence-electron chi connectivity index (χ3n) is 6.78. The van der Waals surface area contributed by atoms with Gasteiger partial charge in [0.05, 0.1) is 18.8 Å². The highest BCUT2D eigenvalue weighted by molar-refractivity contribution is 6.05. The minimum Gasteiger partial charge on any atom is -0.462 e. The summed E-state index contributed by atoms with van der Waals surface area (Å²) in [7, 11) is 0. The number of aliphatic hydroxyl groups excluding tert-OH is 2. The summed E-state index contributed by atoms with van der Waals surface area (Å²) in [4.78, 5) is 42.9. The summed E-state index contributed by atoms with van der Waals surface area (Å²) in [6.45, 7) is 1.57. The first-order chi connectivity index (χ1) is 19.2. The Morgan fingerprint density at radius 3 is 2.40 bits per heavy atom. The van der Waals surface area contributed by atoms with Crippen LogP contribution in [-0.4, -0.2) is 63.4 Å². The van der Waals surface area contributed by atoms with Crippen molar-refractivity contribution in [2.75, 3.05) is 18.5 Å². The molecule has 0 radical (unpaired) electrons. The Bertz CT molecular complexity index is 1190. The number of esters is 1. The fourth-order valence-electron chi connectivity index (χ4n) is 4.50. The molecule has 40 heavy (non-hydrogen) atoms. The van der Waals surface area contributed by atoms with E-state index in [4.69, 9.17) is 9.47 Å². The average Bonchev–Trinajstić information content (AvgIpc) is 3.17. The molecular formula is C28H37F2N3O7. The van der Waals surface area contributed by atoms with Crippen molar-refractivity contribution in [1.29, 1.82) is 0 Å². The van der Waals surface area contributed by atoms with Crippen molar-refractivity contribution in [1.82, 2.24) is 9.97 Å². The van der Waals surface area contributed by atoms with Gasteiger partial charge < -0.3 is 30.0 Å². The van der Waals surface area contributed by atoms with Crippen LogP contribution in [0.3, 0.4) is 0 Å². The van der Waals surface area contributed by atoms with E-state index in [0.717, 1.165) is 31.9 Å². The van der Waals surface area contributed by atoms with Crippen LogP contribution < -0.4 is 11.0 Å². The van der Waals surface area contributed by atoms with Gasteiger partial charge in [0.15, 0.2) is 6.10 Å². The molecule has 1 aromatic carbocycles. The molecule has 1 saturated heterocycles. The maximum Gasteiger partial charge on any atom is 0.346 e. The van der Waals surface area contributed by atoms with Gasteiger partial charge in [-0.05, 0) is 24.6 Å². The van der Waals surface area contributed by atoms with Crippen molar-refractivity contribution >= 4 is 17.7 Å². The number of halogens is 2. The average molecular weight is 566 g/mol. The summed E-state index contributed by atoms with van der Waals surface area (Å²) < 4.78 is 39.8. The Morgan fingerprint density at radius 1 is 1.10 bits per heavy atom. The van der Waals surface area contributed by atoms with E-state index in [9.17, 15) is 33.4 Å². The number of aromatic amines is 1. The fraction of sp³-hybridized carbons (Fsp3) is 0.571. The summed E-state index contributed by atoms with van der Waals surface area (Å²) in [5, 5.41) is 21.4. The van der Waals surface area contributed by atoms with Crippen molar-refractivity contribution in [2.45, 2.75) is 88.9 Å². The molecule has 220 valence electrons. The molecule has 12 heteroatoms. The summed E-state index contributed by atoms with van der Waals surface area (Å²) >= 11 is 0. The number of amides is 1. The lowest BCUT2D eigenvalue weighted by Gasteiger charge is -2.21. The van der Waals surface area contributed by atoms with E-state index in [0.29, 0.717) is 0 Å². The monoisotopic (exact) mass is 565 g/mol. The number of hydrogen-bond acceptors (Lipinski definition) is 8. The van der Waals surface area contributed by atoms with Gasteiger partial charge in [-0.25, -0.2) is 18.4 Å². The van der Waals surface area contributed by atoms with Crippen molar-refractivity contribution in [3.05, 3.63) is 57.6 Å². The zero-order valence-corrected chi connectivity index (χ0v) is 22.5. The summed E-state index contributed by atoms with van der Waals surface area (Å²) in [6, 6.07) is 5.63. The predicted octanol–water partition coefficient (Wildman–Crippen LogP) is 4.14. The summed E-state index contributed by atoms with van der Waals surface area (Å²) in [6.07, 6.45) is 5.07. The van der Waals surface area contributed by atoms with Crippen LogP contribution in [0.1, 0.15) is 97.1 Å². The second kappa shape index (κ2) is 15.0. The van der Waals surface area contributed by atoms with Crippen LogP contribution in [0.4, 0.5) is 14.6 Å². The number of nitrogens with zero attached hydrogens (tertiary/aromatic N) is 1. The molecule has 0 bridgehead atoms. The van der Waals surface area contributed by atoms with Gasteiger partial charge >= 0.3 is 17.6 Å². The molecule has 0 unspecified atom stereocenters. The minimum atomic E-state index is -3.84. The standard InChI is InChI=1S/C28H37F2N3O7/c1-2-3-4-5-6-7-8-9-10-14-39-26(37)19-13-11-12-18(15-19)25(36)32-24-20(16-31-27(38)33-24)23-28(29,30)22(35)21(17-34)40-23/h11-13,15-16,21-23,34-35H,2-10,14,17H2,1H3,(H2,31,32,33,36,38)/t21-,22-,23-/m1/s1. The zero-order valence-electron chi connectivity index (χ0n) is 22.5.